The van der Waals surface area contributed by atoms with Crippen molar-refractivity contribution in [3.05, 3.63) is 47.3 Å². The lowest BCUT2D eigenvalue weighted by Crippen LogP contribution is -2.42. The highest BCUT2D eigenvalue weighted by atomic mass is 16.5. The average Bonchev–Trinajstić information content (AvgIpc) is 3.14. The van der Waals surface area contributed by atoms with Crippen molar-refractivity contribution < 1.29 is 14.3 Å². The van der Waals surface area contributed by atoms with Crippen LogP contribution in [0.2, 0.25) is 0 Å². The van der Waals surface area contributed by atoms with Crippen molar-refractivity contribution in [2.45, 2.75) is 67.3 Å². The van der Waals surface area contributed by atoms with Crippen LogP contribution in [0.1, 0.15) is 81.4 Å². The van der Waals surface area contributed by atoms with Crippen LogP contribution in [0.4, 0.5) is 0 Å². The first-order chi connectivity index (χ1) is 14.6. The van der Waals surface area contributed by atoms with Crippen LogP contribution in [0.5, 0.6) is 0 Å². The third-order valence-corrected chi connectivity index (χ3v) is 5.35. The Morgan fingerprint density at radius 2 is 1.65 bits per heavy atom. The molecule has 0 unspecified atom stereocenters. The van der Waals surface area contributed by atoms with Crippen molar-refractivity contribution in [1.82, 2.24) is 15.1 Å². The first-order valence-corrected chi connectivity index (χ1v) is 11.3. The molecular weight excluding hydrogens is 390 g/mol. The maximum absolute atomic E-state index is 12.7. The lowest BCUT2D eigenvalue weighted by Gasteiger charge is -2.26. The van der Waals surface area contributed by atoms with E-state index in [1.165, 1.54) is 0 Å². The van der Waals surface area contributed by atoms with Crippen LogP contribution in [-0.4, -0.2) is 34.3 Å². The Bertz CT molecular complexity index is 859. The molecule has 0 spiro atoms. The van der Waals surface area contributed by atoms with Crippen LogP contribution < -0.4 is 5.32 Å². The number of benzene rings is 1. The molecule has 2 aromatic rings. The quantitative estimate of drug-likeness (QED) is 0.539. The van der Waals surface area contributed by atoms with Gasteiger partial charge in [0, 0.05) is 17.3 Å². The molecule has 31 heavy (non-hydrogen) atoms. The number of hydrogen-bond acceptors (Lipinski definition) is 4. The van der Waals surface area contributed by atoms with E-state index >= 15 is 0 Å². The van der Waals surface area contributed by atoms with Crippen molar-refractivity contribution in [2.24, 2.45) is 17.8 Å². The summed E-state index contributed by atoms with van der Waals surface area (Å²) in [7, 11) is 0. The number of amides is 1. The number of aryl methyl sites for hydroxylation is 1. The molecule has 6 heteroatoms. The molecule has 0 bridgehead atoms. The Hall–Kier alpha value is -2.63. The number of aromatic nitrogens is 2. The number of ether oxygens (including phenoxy) is 1. The number of carbonyl (C=O) groups excluding carboxylic acids is 2. The van der Waals surface area contributed by atoms with Crippen LogP contribution in [0, 0.1) is 17.8 Å². The van der Waals surface area contributed by atoms with Gasteiger partial charge >= 0.3 is 5.97 Å². The molecule has 0 aliphatic rings. The molecule has 0 saturated heterocycles. The lowest BCUT2D eigenvalue weighted by molar-refractivity contribution is 0.0518. The smallest absolute Gasteiger partial charge is 0.358 e. The van der Waals surface area contributed by atoms with Crippen molar-refractivity contribution >= 4 is 11.9 Å². The highest BCUT2D eigenvalue weighted by Gasteiger charge is 2.21. The summed E-state index contributed by atoms with van der Waals surface area (Å²) in [5, 5.41) is 7.63. The van der Waals surface area contributed by atoms with E-state index in [0.717, 1.165) is 24.2 Å². The van der Waals surface area contributed by atoms with Crippen LogP contribution in [0.25, 0.3) is 5.69 Å². The molecule has 0 aliphatic heterocycles. The van der Waals surface area contributed by atoms with Crippen molar-refractivity contribution in [1.29, 1.82) is 0 Å². The van der Waals surface area contributed by atoms with Gasteiger partial charge in [-0.25, -0.2) is 9.48 Å². The zero-order valence-corrected chi connectivity index (χ0v) is 19.9. The Morgan fingerprint density at radius 1 is 1.03 bits per heavy atom. The SMILES string of the molecule is CCOC(=O)c1cc(CCC(C)C)n(-c2ccc(C(=O)NC(C(C)C)C(C)C)cc2)n1. The van der Waals surface area contributed by atoms with Gasteiger partial charge in [-0.1, -0.05) is 41.5 Å². The highest BCUT2D eigenvalue weighted by molar-refractivity contribution is 5.94. The Labute approximate surface area is 186 Å². The Kier molecular flexibility index (Phi) is 8.84. The molecule has 0 saturated carbocycles. The Morgan fingerprint density at radius 3 is 2.16 bits per heavy atom. The van der Waals surface area contributed by atoms with E-state index in [1.807, 2.05) is 12.1 Å². The minimum Gasteiger partial charge on any atom is -0.461 e. The summed E-state index contributed by atoms with van der Waals surface area (Å²) in [6, 6.07) is 9.27. The van der Waals surface area contributed by atoms with Crippen LogP contribution >= 0.6 is 0 Å². The number of hydrogen-bond donors (Lipinski definition) is 1. The third kappa shape index (κ3) is 6.68. The van der Waals surface area contributed by atoms with Crippen LogP contribution in [-0.2, 0) is 11.2 Å². The molecule has 1 N–H and O–H groups in total. The molecular formula is C25H37N3O3. The zero-order valence-electron chi connectivity index (χ0n) is 19.9. The van der Waals surface area contributed by atoms with Gasteiger partial charge in [-0.2, -0.15) is 5.10 Å². The van der Waals surface area contributed by atoms with E-state index in [2.05, 4.69) is 52.0 Å². The lowest BCUT2D eigenvalue weighted by atomic mass is 9.93. The number of nitrogens with zero attached hydrogens (tertiary/aromatic N) is 2. The molecule has 1 heterocycles. The molecule has 2 rings (SSSR count). The second kappa shape index (κ2) is 11.1. The number of rotatable bonds is 10. The summed E-state index contributed by atoms with van der Waals surface area (Å²) in [6.45, 7) is 14.9. The standard InChI is InChI=1S/C25H37N3O3/c1-8-31-25(30)22-15-21(12-9-16(2)3)28(27-22)20-13-10-19(11-14-20)24(29)26-23(17(4)5)18(6)7/h10-11,13-18,23H,8-9,12H2,1-7H3,(H,26,29). The first kappa shape index (κ1) is 24.6. The summed E-state index contributed by atoms with van der Waals surface area (Å²) >= 11 is 0. The van der Waals surface area contributed by atoms with Gasteiger partial charge in [0.2, 0.25) is 0 Å². The summed E-state index contributed by atoms with van der Waals surface area (Å²) < 4.78 is 6.90. The molecule has 0 radical (unpaired) electrons. The second-order valence-electron chi connectivity index (χ2n) is 9.12. The van der Waals surface area contributed by atoms with Crippen molar-refractivity contribution in [3.8, 4) is 5.69 Å². The van der Waals surface area contributed by atoms with E-state index in [1.54, 1.807) is 29.8 Å². The number of carbonyl (C=O) groups is 2. The summed E-state index contributed by atoms with van der Waals surface area (Å²) in [6.07, 6.45) is 1.79. The van der Waals surface area contributed by atoms with E-state index in [9.17, 15) is 9.59 Å². The molecule has 1 aromatic heterocycles. The number of nitrogens with one attached hydrogen (secondary N) is 1. The predicted octanol–water partition coefficient (Wildman–Crippen LogP) is 5.05. The fourth-order valence-electron chi connectivity index (χ4n) is 3.65. The summed E-state index contributed by atoms with van der Waals surface area (Å²) in [5.41, 5.74) is 2.68. The topological polar surface area (TPSA) is 73.2 Å². The fraction of sp³-hybridized carbons (Fsp3) is 0.560. The van der Waals surface area contributed by atoms with Gasteiger partial charge in [0.15, 0.2) is 5.69 Å². The van der Waals surface area contributed by atoms with Gasteiger partial charge in [0.1, 0.15) is 0 Å². The largest absolute Gasteiger partial charge is 0.461 e. The van der Waals surface area contributed by atoms with Crippen LogP contribution in [0.3, 0.4) is 0 Å². The van der Waals surface area contributed by atoms with E-state index in [4.69, 9.17) is 4.74 Å². The Balaban J connectivity index is 2.27. The highest BCUT2D eigenvalue weighted by Crippen LogP contribution is 2.19. The van der Waals surface area contributed by atoms with E-state index < -0.39 is 5.97 Å². The van der Waals surface area contributed by atoms with Crippen molar-refractivity contribution in [2.75, 3.05) is 6.61 Å². The number of esters is 1. The maximum atomic E-state index is 12.7. The zero-order chi connectivity index (χ0) is 23.1. The van der Waals surface area contributed by atoms with Gasteiger partial charge in [-0.3, -0.25) is 4.79 Å². The monoisotopic (exact) mass is 427 g/mol. The molecule has 1 amide bonds. The third-order valence-electron chi connectivity index (χ3n) is 5.35. The van der Waals surface area contributed by atoms with Gasteiger partial charge in [0.05, 0.1) is 12.3 Å². The average molecular weight is 428 g/mol. The van der Waals surface area contributed by atoms with Crippen LogP contribution in [0.15, 0.2) is 30.3 Å². The van der Waals surface area contributed by atoms with Gasteiger partial charge in [-0.05, 0) is 67.9 Å². The fourth-order valence-corrected chi connectivity index (χ4v) is 3.65. The molecule has 0 aliphatic carbocycles. The van der Waals surface area contributed by atoms with E-state index in [-0.39, 0.29) is 11.9 Å². The van der Waals surface area contributed by atoms with Gasteiger partial charge < -0.3 is 10.1 Å². The molecule has 1 aromatic carbocycles. The molecule has 170 valence electrons. The molecule has 0 fully saturated rings. The molecule has 6 nitrogen and oxygen atoms in total. The first-order valence-electron chi connectivity index (χ1n) is 11.3. The minimum absolute atomic E-state index is 0.0772. The molecule has 0 atom stereocenters. The second-order valence-corrected chi connectivity index (χ2v) is 9.12. The van der Waals surface area contributed by atoms with E-state index in [0.29, 0.717) is 35.6 Å². The minimum atomic E-state index is -0.420. The predicted molar refractivity (Wildman–Crippen MR) is 124 cm³/mol. The van der Waals surface area contributed by atoms with Gasteiger partial charge in [-0.15, -0.1) is 0 Å². The normalized spacial score (nSPS) is 11.6. The summed E-state index contributed by atoms with van der Waals surface area (Å²) in [4.78, 5) is 24.9. The maximum Gasteiger partial charge on any atom is 0.358 e. The van der Waals surface area contributed by atoms with Gasteiger partial charge in [0.25, 0.3) is 5.91 Å². The van der Waals surface area contributed by atoms with Crippen molar-refractivity contribution in [3.63, 3.8) is 0 Å². The summed E-state index contributed by atoms with van der Waals surface area (Å²) in [5.74, 6) is 0.757.